The van der Waals surface area contributed by atoms with Crippen LogP contribution in [0.25, 0.3) is 11.2 Å². The van der Waals surface area contributed by atoms with Gasteiger partial charge in [0.2, 0.25) is 5.91 Å². The first-order chi connectivity index (χ1) is 12.7. The van der Waals surface area contributed by atoms with Gasteiger partial charge in [0.15, 0.2) is 16.9 Å². The fourth-order valence-corrected chi connectivity index (χ4v) is 2.82. The van der Waals surface area contributed by atoms with Crippen LogP contribution in [0.5, 0.6) is 0 Å². The summed E-state index contributed by atoms with van der Waals surface area (Å²) < 4.78 is 3.68. The van der Waals surface area contributed by atoms with Crippen molar-refractivity contribution in [1.82, 2.24) is 18.7 Å². The molecule has 0 aliphatic heterocycles. The number of aromatic nitrogens is 4. The lowest BCUT2D eigenvalue weighted by Gasteiger charge is -2.15. The summed E-state index contributed by atoms with van der Waals surface area (Å²) >= 11 is 0. The van der Waals surface area contributed by atoms with Crippen LogP contribution in [-0.4, -0.2) is 30.4 Å². The Hall–Kier alpha value is -3.49. The van der Waals surface area contributed by atoms with E-state index in [2.05, 4.69) is 10.3 Å². The number of anilines is 1. The molecule has 0 saturated heterocycles. The van der Waals surface area contributed by atoms with Crippen molar-refractivity contribution in [2.24, 2.45) is 14.1 Å². The molecule has 140 valence electrons. The van der Waals surface area contributed by atoms with Gasteiger partial charge in [-0.25, -0.2) is 9.78 Å². The van der Waals surface area contributed by atoms with Crippen molar-refractivity contribution in [3.63, 3.8) is 0 Å². The zero-order valence-corrected chi connectivity index (χ0v) is 15.4. The SMILES string of the molecule is CC(=O)c1ccc(NC(=O)C(C)n2cnc3c2c(=O)n(C)c(=O)n3C)cc1. The predicted molar refractivity (Wildman–Crippen MR) is 100 cm³/mol. The van der Waals surface area contributed by atoms with Gasteiger partial charge in [-0.15, -0.1) is 0 Å². The van der Waals surface area contributed by atoms with Crippen molar-refractivity contribution < 1.29 is 9.59 Å². The minimum absolute atomic E-state index is 0.0624. The van der Waals surface area contributed by atoms with Crippen molar-refractivity contribution in [3.8, 4) is 0 Å². The molecule has 1 N–H and O–H groups in total. The fourth-order valence-electron chi connectivity index (χ4n) is 2.82. The summed E-state index contributed by atoms with van der Waals surface area (Å²) in [7, 11) is 2.89. The molecule has 2 aromatic heterocycles. The van der Waals surface area contributed by atoms with Crippen LogP contribution in [0.1, 0.15) is 30.2 Å². The predicted octanol–water partition coefficient (Wildman–Crippen LogP) is 0.836. The van der Waals surface area contributed by atoms with Crippen LogP contribution in [0.2, 0.25) is 0 Å². The minimum Gasteiger partial charge on any atom is -0.324 e. The summed E-state index contributed by atoms with van der Waals surface area (Å²) in [6.07, 6.45) is 1.37. The molecule has 0 bridgehead atoms. The quantitative estimate of drug-likeness (QED) is 0.686. The topological polar surface area (TPSA) is 108 Å². The van der Waals surface area contributed by atoms with Crippen LogP contribution in [0.4, 0.5) is 5.69 Å². The number of fused-ring (bicyclic) bond motifs is 1. The number of Topliss-reactive ketones (excluding diaryl/α,β-unsaturated/α-hetero) is 1. The number of hydrogen-bond acceptors (Lipinski definition) is 5. The summed E-state index contributed by atoms with van der Waals surface area (Å²) in [4.78, 5) is 52.6. The molecule has 0 spiro atoms. The van der Waals surface area contributed by atoms with Gasteiger partial charge in [-0.05, 0) is 38.1 Å². The number of nitrogens with zero attached hydrogens (tertiary/aromatic N) is 4. The van der Waals surface area contributed by atoms with Crippen LogP contribution in [0.3, 0.4) is 0 Å². The number of amides is 1. The van der Waals surface area contributed by atoms with E-state index in [-0.39, 0.29) is 22.9 Å². The molecule has 2 heterocycles. The summed E-state index contributed by atoms with van der Waals surface area (Å²) in [6.45, 7) is 3.10. The van der Waals surface area contributed by atoms with E-state index in [1.54, 1.807) is 31.2 Å². The molecule has 1 atom stereocenters. The molecule has 0 fully saturated rings. The molecule has 1 aromatic carbocycles. The number of benzene rings is 1. The number of aryl methyl sites for hydroxylation is 1. The third-order valence-electron chi connectivity index (χ3n) is 4.53. The fraction of sp³-hybridized carbons (Fsp3) is 0.278. The number of carbonyl (C=O) groups excluding carboxylic acids is 2. The van der Waals surface area contributed by atoms with Crippen molar-refractivity contribution in [3.05, 3.63) is 57.0 Å². The van der Waals surface area contributed by atoms with E-state index in [1.165, 1.54) is 36.5 Å². The van der Waals surface area contributed by atoms with E-state index in [4.69, 9.17) is 0 Å². The third-order valence-corrected chi connectivity index (χ3v) is 4.53. The largest absolute Gasteiger partial charge is 0.332 e. The van der Waals surface area contributed by atoms with Crippen LogP contribution in [0.15, 0.2) is 40.2 Å². The van der Waals surface area contributed by atoms with E-state index in [9.17, 15) is 19.2 Å². The van der Waals surface area contributed by atoms with Crippen molar-refractivity contribution in [1.29, 1.82) is 0 Å². The smallest absolute Gasteiger partial charge is 0.324 e. The van der Waals surface area contributed by atoms with Gasteiger partial charge in [0, 0.05) is 25.3 Å². The van der Waals surface area contributed by atoms with Gasteiger partial charge >= 0.3 is 5.69 Å². The zero-order valence-electron chi connectivity index (χ0n) is 15.4. The molecular weight excluding hydrogens is 350 g/mol. The van der Waals surface area contributed by atoms with Crippen LogP contribution in [-0.2, 0) is 18.9 Å². The molecule has 0 aliphatic rings. The minimum atomic E-state index is -0.743. The second kappa shape index (κ2) is 6.67. The molecule has 1 amide bonds. The van der Waals surface area contributed by atoms with Crippen LogP contribution < -0.4 is 16.6 Å². The number of nitrogens with one attached hydrogen (secondary N) is 1. The Morgan fingerprint density at radius 2 is 1.70 bits per heavy atom. The molecular formula is C18H19N5O4. The second-order valence-corrected chi connectivity index (χ2v) is 6.33. The maximum Gasteiger partial charge on any atom is 0.332 e. The van der Waals surface area contributed by atoms with E-state index < -0.39 is 17.3 Å². The van der Waals surface area contributed by atoms with Crippen LogP contribution in [0, 0.1) is 0 Å². The Morgan fingerprint density at radius 1 is 1.07 bits per heavy atom. The van der Waals surface area contributed by atoms with Crippen molar-refractivity contribution >= 4 is 28.5 Å². The highest BCUT2D eigenvalue weighted by Gasteiger charge is 2.22. The lowest BCUT2D eigenvalue weighted by Crippen LogP contribution is -2.38. The second-order valence-electron chi connectivity index (χ2n) is 6.33. The lowest BCUT2D eigenvalue weighted by molar-refractivity contribution is -0.118. The number of hydrogen-bond donors (Lipinski definition) is 1. The number of rotatable bonds is 4. The molecule has 0 aliphatic carbocycles. The van der Waals surface area contributed by atoms with Crippen molar-refractivity contribution in [2.75, 3.05) is 5.32 Å². The molecule has 27 heavy (non-hydrogen) atoms. The monoisotopic (exact) mass is 369 g/mol. The summed E-state index contributed by atoms with van der Waals surface area (Å²) in [6, 6.07) is 5.78. The Balaban J connectivity index is 1.95. The number of imidazole rings is 1. The average molecular weight is 369 g/mol. The Kier molecular flexibility index (Phi) is 4.52. The third kappa shape index (κ3) is 3.07. The summed E-state index contributed by atoms with van der Waals surface area (Å²) in [5.41, 5.74) is 0.465. The molecule has 0 saturated carbocycles. The summed E-state index contributed by atoms with van der Waals surface area (Å²) in [5, 5.41) is 2.74. The Bertz CT molecular complexity index is 1170. The molecule has 3 rings (SSSR count). The van der Waals surface area contributed by atoms with Crippen LogP contribution >= 0.6 is 0 Å². The first kappa shape index (κ1) is 18.3. The normalized spacial score (nSPS) is 12.1. The number of ketones is 1. The maximum atomic E-state index is 12.6. The highest BCUT2D eigenvalue weighted by atomic mass is 16.2. The summed E-state index contributed by atoms with van der Waals surface area (Å²) in [5.74, 6) is -0.423. The van der Waals surface area contributed by atoms with E-state index in [0.717, 1.165) is 4.57 Å². The zero-order chi connectivity index (χ0) is 19.9. The van der Waals surface area contributed by atoms with Gasteiger partial charge in [-0.3, -0.25) is 23.5 Å². The van der Waals surface area contributed by atoms with Crippen molar-refractivity contribution in [2.45, 2.75) is 19.9 Å². The highest BCUT2D eigenvalue weighted by molar-refractivity contribution is 5.96. The Labute approximate surface area is 153 Å². The molecule has 9 nitrogen and oxygen atoms in total. The van der Waals surface area contributed by atoms with Gasteiger partial charge in [0.25, 0.3) is 5.56 Å². The highest BCUT2D eigenvalue weighted by Crippen LogP contribution is 2.16. The standard InChI is InChI=1S/C18H19N5O4/c1-10(16(25)20-13-7-5-12(6-8-13)11(2)24)23-9-19-15-14(23)17(26)22(4)18(27)21(15)3/h5-10H,1-4H3,(H,20,25). The van der Waals surface area contributed by atoms with E-state index >= 15 is 0 Å². The van der Waals surface area contributed by atoms with Gasteiger partial charge in [-0.2, -0.15) is 0 Å². The lowest BCUT2D eigenvalue weighted by atomic mass is 10.1. The first-order valence-electron chi connectivity index (χ1n) is 8.26. The Morgan fingerprint density at radius 3 is 2.30 bits per heavy atom. The van der Waals surface area contributed by atoms with Gasteiger partial charge in [-0.1, -0.05) is 0 Å². The van der Waals surface area contributed by atoms with Gasteiger partial charge < -0.3 is 9.88 Å². The number of carbonyl (C=O) groups is 2. The molecule has 0 radical (unpaired) electrons. The molecule has 3 aromatic rings. The average Bonchev–Trinajstić information content (AvgIpc) is 3.09. The first-order valence-corrected chi connectivity index (χ1v) is 8.26. The maximum absolute atomic E-state index is 12.6. The van der Waals surface area contributed by atoms with E-state index in [0.29, 0.717) is 11.3 Å². The molecule has 9 heteroatoms. The van der Waals surface area contributed by atoms with E-state index in [1.807, 2.05) is 0 Å². The van der Waals surface area contributed by atoms with Gasteiger partial charge in [0.05, 0.1) is 6.33 Å². The molecule has 1 unspecified atom stereocenters. The van der Waals surface area contributed by atoms with Gasteiger partial charge in [0.1, 0.15) is 6.04 Å².